The van der Waals surface area contributed by atoms with E-state index in [0.717, 1.165) is 29.3 Å². The monoisotopic (exact) mass is 249 g/mol. The first-order valence-corrected chi connectivity index (χ1v) is 7.12. The van der Waals surface area contributed by atoms with Crippen LogP contribution in [0.4, 0.5) is 0 Å². The van der Waals surface area contributed by atoms with Gasteiger partial charge in [0.05, 0.1) is 0 Å². The summed E-state index contributed by atoms with van der Waals surface area (Å²) in [4.78, 5) is 0. The van der Waals surface area contributed by atoms with Gasteiger partial charge in [0.25, 0.3) is 0 Å². The Morgan fingerprint density at radius 1 is 1.24 bits per heavy atom. The highest BCUT2D eigenvalue weighted by Crippen LogP contribution is 2.53. The third kappa shape index (κ3) is 2.00. The zero-order valence-corrected chi connectivity index (χ0v) is 10.9. The fraction of sp³-hybridized carbons (Fsp3) is 0.600. The Balaban J connectivity index is 1.87. The van der Waals surface area contributed by atoms with Crippen LogP contribution in [0, 0.1) is 17.8 Å². The Labute approximate surface area is 108 Å². The van der Waals surface area contributed by atoms with Crippen molar-refractivity contribution in [3.8, 4) is 0 Å². The molecule has 2 heteroatoms. The van der Waals surface area contributed by atoms with Gasteiger partial charge in [-0.15, -0.1) is 0 Å². The summed E-state index contributed by atoms with van der Waals surface area (Å²) in [7, 11) is 0. The molecule has 2 bridgehead atoms. The normalized spacial score (nSPS) is 32.9. The second kappa shape index (κ2) is 4.62. The van der Waals surface area contributed by atoms with Crippen LogP contribution < -0.4 is 5.73 Å². The summed E-state index contributed by atoms with van der Waals surface area (Å²) in [6.07, 6.45) is 5.67. The van der Waals surface area contributed by atoms with E-state index in [1.807, 2.05) is 12.1 Å². The molecule has 2 aliphatic rings. The SMILES string of the molecule is NCC(c1ccccc1Cl)C1CC2CCC1C2. The summed E-state index contributed by atoms with van der Waals surface area (Å²) >= 11 is 6.32. The van der Waals surface area contributed by atoms with Crippen molar-refractivity contribution >= 4 is 11.6 Å². The first-order chi connectivity index (χ1) is 8.29. The van der Waals surface area contributed by atoms with Crippen LogP contribution in [0.1, 0.15) is 37.2 Å². The van der Waals surface area contributed by atoms with Crippen molar-refractivity contribution in [3.63, 3.8) is 0 Å². The summed E-state index contributed by atoms with van der Waals surface area (Å²) in [5.74, 6) is 3.13. The standard InChI is InChI=1S/C15H20ClN/c16-15-4-2-1-3-12(15)14(9-17)13-8-10-5-6-11(13)7-10/h1-4,10-11,13-14H,5-9,17H2. The lowest BCUT2D eigenvalue weighted by atomic mass is 9.76. The van der Waals surface area contributed by atoms with E-state index in [0.29, 0.717) is 5.92 Å². The van der Waals surface area contributed by atoms with E-state index in [1.165, 1.54) is 31.2 Å². The Bertz CT molecular complexity index is 404. The lowest BCUT2D eigenvalue weighted by Crippen LogP contribution is -2.26. The van der Waals surface area contributed by atoms with Crippen molar-refractivity contribution in [3.05, 3.63) is 34.9 Å². The van der Waals surface area contributed by atoms with Crippen LogP contribution in [0.3, 0.4) is 0 Å². The van der Waals surface area contributed by atoms with E-state index in [-0.39, 0.29) is 0 Å². The van der Waals surface area contributed by atoms with Crippen molar-refractivity contribution in [2.24, 2.45) is 23.5 Å². The van der Waals surface area contributed by atoms with Gasteiger partial charge in [0, 0.05) is 10.9 Å². The van der Waals surface area contributed by atoms with E-state index in [4.69, 9.17) is 17.3 Å². The van der Waals surface area contributed by atoms with E-state index >= 15 is 0 Å². The van der Waals surface area contributed by atoms with Crippen LogP contribution in [-0.2, 0) is 0 Å². The Morgan fingerprint density at radius 3 is 2.65 bits per heavy atom. The maximum atomic E-state index is 6.32. The summed E-state index contributed by atoms with van der Waals surface area (Å²) in [6, 6.07) is 8.23. The molecule has 0 aliphatic heterocycles. The fourth-order valence-corrected chi connectivity index (χ4v) is 4.37. The number of hydrogen-bond donors (Lipinski definition) is 1. The van der Waals surface area contributed by atoms with Crippen molar-refractivity contribution in [1.29, 1.82) is 0 Å². The van der Waals surface area contributed by atoms with E-state index in [9.17, 15) is 0 Å². The van der Waals surface area contributed by atoms with Crippen LogP contribution in [-0.4, -0.2) is 6.54 Å². The molecule has 1 aromatic carbocycles. The lowest BCUT2D eigenvalue weighted by molar-refractivity contribution is 0.284. The lowest BCUT2D eigenvalue weighted by Gasteiger charge is -2.30. The van der Waals surface area contributed by atoms with Crippen LogP contribution >= 0.6 is 11.6 Å². The summed E-state index contributed by atoms with van der Waals surface area (Å²) < 4.78 is 0. The third-order valence-corrected chi connectivity index (χ3v) is 5.21. The van der Waals surface area contributed by atoms with E-state index in [2.05, 4.69) is 12.1 Å². The zero-order valence-electron chi connectivity index (χ0n) is 10.1. The molecule has 1 nitrogen and oxygen atoms in total. The molecule has 2 fully saturated rings. The van der Waals surface area contributed by atoms with Crippen LogP contribution in [0.5, 0.6) is 0 Å². The minimum absolute atomic E-state index is 0.471. The fourth-order valence-electron chi connectivity index (χ4n) is 4.09. The zero-order chi connectivity index (χ0) is 11.8. The Hall–Kier alpha value is -0.530. The molecule has 0 amide bonds. The first kappa shape index (κ1) is 11.6. The van der Waals surface area contributed by atoms with Gasteiger partial charge < -0.3 is 5.73 Å². The molecular weight excluding hydrogens is 230 g/mol. The molecule has 2 saturated carbocycles. The summed E-state index contributed by atoms with van der Waals surface area (Å²) in [6.45, 7) is 0.734. The molecule has 0 heterocycles. The molecule has 2 aliphatic carbocycles. The Morgan fingerprint density at radius 2 is 2.06 bits per heavy atom. The minimum atomic E-state index is 0.471. The van der Waals surface area contributed by atoms with Gasteiger partial charge in [0.2, 0.25) is 0 Å². The first-order valence-electron chi connectivity index (χ1n) is 6.74. The molecule has 0 radical (unpaired) electrons. The molecule has 4 unspecified atom stereocenters. The third-order valence-electron chi connectivity index (χ3n) is 4.87. The van der Waals surface area contributed by atoms with Gasteiger partial charge in [0.15, 0.2) is 0 Å². The minimum Gasteiger partial charge on any atom is -0.330 e. The number of benzene rings is 1. The average molecular weight is 250 g/mol. The number of fused-ring (bicyclic) bond motifs is 2. The maximum Gasteiger partial charge on any atom is 0.0441 e. The van der Waals surface area contributed by atoms with Crippen LogP contribution in [0.15, 0.2) is 24.3 Å². The largest absolute Gasteiger partial charge is 0.330 e. The predicted molar refractivity (Wildman–Crippen MR) is 72.2 cm³/mol. The number of rotatable bonds is 3. The molecule has 92 valence electrons. The summed E-state index contributed by atoms with van der Waals surface area (Å²) in [5, 5.41) is 0.894. The molecule has 4 atom stereocenters. The topological polar surface area (TPSA) is 26.0 Å². The number of nitrogens with two attached hydrogens (primary N) is 1. The molecule has 0 spiro atoms. The van der Waals surface area contributed by atoms with Crippen molar-refractivity contribution in [2.75, 3.05) is 6.54 Å². The van der Waals surface area contributed by atoms with Crippen molar-refractivity contribution < 1.29 is 0 Å². The predicted octanol–water partition coefficient (Wildman–Crippen LogP) is 3.82. The highest BCUT2D eigenvalue weighted by Gasteiger charge is 2.43. The number of halogens is 1. The molecular formula is C15H20ClN. The van der Waals surface area contributed by atoms with Crippen LogP contribution in [0.25, 0.3) is 0 Å². The number of hydrogen-bond acceptors (Lipinski definition) is 1. The van der Waals surface area contributed by atoms with Gasteiger partial charge >= 0.3 is 0 Å². The van der Waals surface area contributed by atoms with Crippen molar-refractivity contribution in [1.82, 2.24) is 0 Å². The van der Waals surface area contributed by atoms with Crippen LogP contribution in [0.2, 0.25) is 5.02 Å². The van der Waals surface area contributed by atoms with Gasteiger partial charge in [-0.2, -0.15) is 0 Å². The molecule has 17 heavy (non-hydrogen) atoms. The Kier molecular flexibility index (Phi) is 3.14. The molecule has 0 aromatic heterocycles. The van der Waals surface area contributed by atoms with Crippen molar-refractivity contribution in [2.45, 2.75) is 31.6 Å². The van der Waals surface area contributed by atoms with Gasteiger partial charge in [-0.1, -0.05) is 36.2 Å². The highest BCUT2D eigenvalue weighted by atomic mass is 35.5. The van der Waals surface area contributed by atoms with Gasteiger partial charge in [-0.25, -0.2) is 0 Å². The quantitative estimate of drug-likeness (QED) is 0.866. The maximum absolute atomic E-state index is 6.32. The highest BCUT2D eigenvalue weighted by molar-refractivity contribution is 6.31. The second-order valence-electron chi connectivity index (χ2n) is 5.70. The van der Waals surface area contributed by atoms with E-state index < -0.39 is 0 Å². The van der Waals surface area contributed by atoms with Gasteiger partial charge in [0.1, 0.15) is 0 Å². The molecule has 2 N–H and O–H groups in total. The van der Waals surface area contributed by atoms with Gasteiger partial charge in [-0.05, 0) is 55.2 Å². The van der Waals surface area contributed by atoms with Gasteiger partial charge in [-0.3, -0.25) is 0 Å². The second-order valence-corrected chi connectivity index (χ2v) is 6.11. The molecule has 3 rings (SSSR count). The molecule has 0 saturated heterocycles. The summed E-state index contributed by atoms with van der Waals surface area (Å²) in [5.41, 5.74) is 7.30. The van der Waals surface area contributed by atoms with E-state index in [1.54, 1.807) is 0 Å². The molecule has 1 aromatic rings. The average Bonchev–Trinajstić information content (AvgIpc) is 2.95. The smallest absolute Gasteiger partial charge is 0.0441 e.